The van der Waals surface area contributed by atoms with Crippen molar-refractivity contribution in [3.8, 4) is 0 Å². The highest BCUT2D eigenvalue weighted by molar-refractivity contribution is 7.89. The first-order chi connectivity index (χ1) is 15.4. The fourth-order valence-corrected chi connectivity index (χ4v) is 5.34. The second kappa shape index (κ2) is 9.40. The van der Waals surface area contributed by atoms with E-state index in [0.717, 1.165) is 16.9 Å². The normalized spacial score (nSPS) is 16.2. The minimum Gasteiger partial charge on any atom is -0.379 e. The van der Waals surface area contributed by atoms with Crippen LogP contribution in [0.2, 0.25) is 0 Å². The summed E-state index contributed by atoms with van der Waals surface area (Å²) in [5.41, 5.74) is 2.49. The summed E-state index contributed by atoms with van der Waals surface area (Å²) in [6.07, 6.45) is 0.761. The number of benzene rings is 2. The van der Waals surface area contributed by atoms with Gasteiger partial charge in [-0.05, 0) is 30.7 Å². The molecule has 1 atom stereocenters. The van der Waals surface area contributed by atoms with Crippen LogP contribution in [0.1, 0.15) is 30.8 Å². The number of ether oxygens (including phenoxy) is 1. The molecule has 0 saturated carbocycles. The lowest BCUT2D eigenvalue weighted by atomic mass is 10.1. The van der Waals surface area contributed by atoms with E-state index in [-0.39, 0.29) is 16.8 Å². The van der Waals surface area contributed by atoms with Gasteiger partial charge in [-0.3, -0.25) is 4.79 Å². The van der Waals surface area contributed by atoms with Gasteiger partial charge in [0.1, 0.15) is 5.82 Å². The molecule has 1 fully saturated rings. The first-order valence-corrected chi connectivity index (χ1v) is 12.2. The van der Waals surface area contributed by atoms with Gasteiger partial charge in [-0.2, -0.15) is 4.31 Å². The molecule has 170 valence electrons. The topological polar surface area (TPSA) is 93.5 Å². The average molecular weight is 457 g/mol. The fourth-order valence-electron chi connectivity index (χ4n) is 3.91. The number of aromatic nitrogens is 2. The van der Waals surface area contributed by atoms with E-state index in [2.05, 4.69) is 10.3 Å². The minimum atomic E-state index is -3.58. The van der Waals surface area contributed by atoms with Gasteiger partial charge in [-0.1, -0.05) is 30.3 Å². The molecule has 0 spiro atoms. The smallest absolute Gasteiger partial charge is 0.243 e. The Kier molecular flexibility index (Phi) is 6.59. The van der Waals surface area contributed by atoms with Crippen LogP contribution in [0, 0.1) is 0 Å². The van der Waals surface area contributed by atoms with Crippen molar-refractivity contribution >= 4 is 27.0 Å². The van der Waals surface area contributed by atoms with Gasteiger partial charge in [0.2, 0.25) is 15.9 Å². The maximum absolute atomic E-state index is 12.9. The van der Waals surface area contributed by atoms with Gasteiger partial charge in [0.05, 0.1) is 35.2 Å². The van der Waals surface area contributed by atoms with Crippen LogP contribution in [-0.2, 0) is 33.0 Å². The van der Waals surface area contributed by atoms with E-state index >= 15 is 0 Å². The summed E-state index contributed by atoms with van der Waals surface area (Å²) >= 11 is 0. The molecule has 1 N–H and O–H groups in total. The van der Waals surface area contributed by atoms with Crippen LogP contribution in [0.5, 0.6) is 0 Å². The third-order valence-corrected chi connectivity index (χ3v) is 7.70. The van der Waals surface area contributed by atoms with Crippen LogP contribution in [0.25, 0.3) is 11.0 Å². The average Bonchev–Trinajstić information content (AvgIpc) is 3.13. The van der Waals surface area contributed by atoms with Crippen molar-refractivity contribution in [3.63, 3.8) is 0 Å². The molecule has 1 aliphatic heterocycles. The van der Waals surface area contributed by atoms with Crippen LogP contribution in [0.3, 0.4) is 0 Å². The Morgan fingerprint density at radius 2 is 1.88 bits per heavy atom. The Morgan fingerprint density at radius 1 is 1.16 bits per heavy atom. The van der Waals surface area contributed by atoms with Gasteiger partial charge in [-0.25, -0.2) is 13.4 Å². The third-order valence-electron chi connectivity index (χ3n) is 5.81. The summed E-state index contributed by atoms with van der Waals surface area (Å²) in [7, 11) is -1.70. The number of carbonyl (C=O) groups is 1. The molecule has 9 heteroatoms. The summed E-state index contributed by atoms with van der Waals surface area (Å²) in [6.45, 7) is 3.47. The molecule has 0 bridgehead atoms. The van der Waals surface area contributed by atoms with Crippen molar-refractivity contribution in [2.75, 3.05) is 26.3 Å². The second-order valence-corrected chi connectivity index (χ2v) is 9.89. The number of carbonyl (C=O) groups excluding carboxylic acids is 1. The Morgan fingerprint density at radius 3 is 2.59 bits per heavy atom. The van der Waals surface area contributed by atoms with Gasteiger partial charge >= 0.3 is 0 Å². The Bertz CT molecular complexity index is 1200. The summed E-state index contributed by atoms with van der Waals surface area (Å²) in [6, 6.07) is 14.7. The number of fused-ring (bicyclic) bond motifs is 1. The number of sulfonamides is 1. The molecule has 0 aliphatic carbocycles. The number of hydrogen-bond donors (Lipinski definition) is 1. The maximum atomic E-state index is 12.9. The highest BCUT2D eigenvalue weighted by atomic mass is 32.2. The molecule has 1 aliphatic rings. The lowest BCUT2D eigenvalue weighted by molar-refractivity contribution is -0.121. The highest BCUT2D eigenvalue weighted by Gasteiger charge is 2.27. The van der Waals surface area contributed by atoms with E-state index in [9.17, 15) is 13.2 Å². The zero-order chi connectivity index (χ0) is 22.7. The van der Waals surface area contributed by atoms with Crippen LogP contribution in [0.15, 0.2) is 53.4 Å². The quantitative estimate of drug-likeness (QED) is 0.589. The molecule has 1 aromatic heterocycles. The molecule has 4 rings (SSSR count). The number of amides is 1. The van der Waals surface area contributed by atoms with Crippen molar-refractivity contribution < 1.29 is 17.9 Å². The molecule has 0 radical (unpaired) electrons. The van der Waals surface area contributed by atoms with E-state index in [0.29, 0.717) is 44.7 Å². The van der Waals surface area contributed by atoms with Crippen molar-refractivity contribution in [1.82, 2.24) is 19.2 Å². The lowest BCUT2D eigenvalue weighted by Crippen LogP contribution is -2.40. The zero-order valence-electron chi connectivity index (χ0n) is 18.3. The maximum Gasteiger partial charge on any atom is 0.243 e. The first-order valence-electron chi connectivity index (χ1n) is 10.7. The minimum absolute atomic E-state index is 0.0519. The van der Waals surface area contributed by atoms with Gasteiger partial charge in [-0.15, -0.1) is 0 Å². The summed E-state index contributed by atoms with van der Waals surface area (Å²) in [4.78, 5) is 17.3. The molecule has 8 nitrogen and oxygen atoms in total. The second-order valence-electron chi connectivity index (χ2n) is 7.95. The van der Waals surface area contributed by atoms with Gasteiger partial charge in [0.25, 0.3) is 0 Å². The summed E-state index contributed by atoms with van der Waals surface area (Å²) < 4.78 is 34.5. The van der Waals surface area contributed by atoms with E-state index in [1.807, 2.05) is 48.9 Å². The van der Waals surface area contributed by atoms with Crippen molar-refractivity contribution in [1.29, 1.82) is 0 Å². The number of hydrogen-bond acceptors (Lipinski definition) is 5. The predicted molar refractivity (Wildman–Crippen MR) is 122 cm³/mol. The molecular weight excluding hydrogens is 428 g/mol. The van der Waals surface area contributed by atoms with Crippen LogP contribution >= 0.6 is 0 Å². The molecule has 1 unspecified atom stereocenters. The number of nitrogens with one attached hydrogen (secondary N) is 1. The Labute approximate surface area is 188 Å². The van der Waals surface area contributed by atoms with Gasteiger partial charge < -0.3 is 14.6 Å². The monoisotopic (exact) mass is 456 g/mol. The van der Waals surface area contributed by atoms with E-state index in [4.69, 9.17) is 4.74 Å². The fraction of sp³-hybridized carbons (Fsp3) is 0.391. The molecule has 2 aromatic carbocycles. The van der Waals surface area contributed by atoms with Crippen molar-refractivity contribution in [2.24, 2.45) is 7.05 Å². The third kappa shape index (κ3) is 4.69. The van der Waals surface area contributed by atoms with Crippen molar-refractivity contribution in [3.05, 3.63) is 59.9 Å². The number of rotatable bonds is 7. The van der Waals surface area contributed by atoms with Gasteiger partial charge in [0, 0.05) is 33.0 Å². The van der Waals surface area contributed by atoms with Crippen LogP contribution in [0.4, 0.5) is 0 Å². The van der Waals surface area contributed by atoms with E-state index in [1.54, 1.807) is 18.2 Å². The Hall–Kier alpha value is -2.75. The number of aryl methyl sites for hydroxylation is 2. The van der Waals surface area contributed by atoms with Gasteiger partial charge in [0.15, 0.2) is 0 Å². The molecule has 2 heterocycles. The molecule has 32 heavy (non-hydrogen) atoms. The lowest BCUT2D eigenvalue weighted by Gasteiger charge is -2.26. The van der Waals surface area contributed by atoms with Crippen molar-refractivity contribution in [2.45, 2.75) is 30.7 Å². The summed E-state index contributed by atoms with van der Waals surface area (Å²) in [5, 5.41) is 3.01. The largest absolute Gasteiger partial charge is 0.379 e. The number of morpholine rings is 1. The number of nitrogens with zero attached hydrogens (tertiary/aromatic N) is 3. The van der Waals surface area contributed by atoms with Crippen LogP contribution in [-0.4, -0.2) is 54.5 Å². The Balaban J connectivity index is 1.45. The standard InChI is InChI=1S/C23H28N4O4S/c1-17(18-6-4-3-5-7-18)24-23(28)11-10-22-25-20-16-19(8-9-21(20)26(22)2)32(29,30)27-12-14-31-15-13-27/h3-9,16-17H,10-15H2,1-2H3,(H,24,28). The molecule has 3 aromatic rings. The predicted octanol–water partition coefficient (Wildman–Crippen LogP) is 2.40. The molecule has 1 amide bonds. The zero-order valence-corrected chi connectivity index (χ0v) is 19.1. The highest BCUT2D eigenvalue weighted by Crippen LogP contribution is 2.23. The molecular formula is C23H28N4O4S. The summed E-state index contributed by atoms with van der Waals surface area (Å²) in [5.74, 6) is 0.687. The molecule has 1 saturated heterocycles. The van der Waals surface area contributed by atoms with E-state index < -0.39 is 10.0 Å². The SMILES string of the molecule is CC(NC(=O)CCc1nc2cc(S(=O)(=O)N3CCOCC3)ccc2n1C)c1ccccc1. The van der Waals surface area contributed by atoms with Crippen LogP contribution < -0.4 is 5.32 Å². The number of imidazole rings is 1. The first kappa shape index (κ1) is 22.4. The van der Waals surface area contributed by atoms with E-state index in [1.165, 1.54) is 4.31 Å².